The van der Waals surface area contributed by atoms with E-state index in [0.717, 1.165) is 15.7 Å². The van der Waals surface area contributed by atoms with Crippen LogP contribution in [0.1, 0.15) is 21.5 Å². The average Bonchev–Trinajstić information content (AvgIpc) is 3.36. The highest BCUT2D eigenvalue weighted by Gasteiger charge is 2.22. The fourth-order valence-electron chi connectivity index (χ4n) is 4.20. The highest BCUT2D eigenvalue weighted by atomic mass is 79.9. The van der Waals surface area contributed by atoms with Crippen LogP contribution in [0.25, 0.3) is 11.1 Å². The number of hydrogen-bond donors (Lipinski definition) is 4. The molecule has 206 valence electrons. The van der Waals surface area contributed by atoms with Gasteiger partial charge in [-0.2, -0.15) is 4.98 Å². The van der Waals surface area contributed by atoms with E-state index in [0.29, 0.717) is 28.4 Å². The third kappa shape index (κ3) is 7.37. The van der Waals surface area contributed by atoms with E-state index in [2.05, 4.69) is 36.9 Å². The first-order valence-corrected chi connectivity index (χ1v) is 13.5. The van der Waals surface area contributed by atoms with Crippen LogP contribution in [0.3, 0.4) is 0 Å². The number of benzene rings is 4. The minimum absolute atomic E-state index is 0.0233. The van der Waals surface area contributed by atoms with E-state index >= 15 is 0 Å². The van der Waals surface area contributed by atoms with E-state index in [1.165, 1.54) is 24.3 Å². The molecular weight excluding hydrogens is 588 g/mol. The molecule has 0 fully saturated rings. The number of halogens is 1. The lowest BCUT2D eigenvalue weighted by Crippen LogP contribution is -2.45. The number of aromatic nitrogens is 1. The number of hydrogen-bond acceptors (Lipinski definition) is 6. The number of oxazole rings is 1. The quantitative estimate of drug-likeness (QED) is 0.153. The average molecular weight is 613 g/mol. The van der Waals surface area contributed by atoms with Gasteiger partial charge in [0.15, 0.2) is 5.58 Å². The molecule has 0 saturated carbocycles. The number of para-hydroxylation sites is 1. The van der Waals surface area contributed by atoms with E-state index in [-0.39, 0.29) is 24.3 Å². The summed E-state index contributed by atoms with van der Waals surface area (Å²) in [6.07, 6.45) is 0.281. The Balaban J connectivity index is 1.28. The van der Waals surface area contributed by atoms with Gasteiger partial charge in [0, 0.05) is 22.3 Å². The van der Waals surface area contributed by atoms with Gasteiger partial charge in [0.25, 0.3) is 6.01 Å². The van der Waals surface area contributed by atoms with Crippen LogP contribution >= 0.6 is 15.9 Å². The molecule has 10 heteroatoms. The largest absolute Gasteiger partial charge is 0.478 e. The summed E-state index contributed by atoms with van der Waals surface area (Å²) in [6.45, 7) is 0. The van der Waals surface area contributed by atoms with Crippen molar-refractivity contribution in [3.8, 4) is 0 Å². The molecular formula is C31H25BrN4O5. The smallest absolute Gasteiger partial charge is 0.335 e. The van der Waals surface area contributed by atoms with Gasteiger partial charge in [-0.05, 0) is 71.8 Å². The van der Waals surface area contributed by atoms with Crippen LogP contribution in [0.5, 0.6) is 0 Å². The van der Waals surface area contributed by atoms with Crippen LogP contribution in [0.15, 0.2) is 106 Å². The number of amides is 2. The number of nitrogens with one attached hydrogen (secondary N) is 3. The summed E-state index contributed by atoms with van der Waals surface area (Å²) in [5.74, 6) is -1.83. The highest BCUT2D eigenvalue weighted by molar-refractivity contribution is 9.10. The number of carboxylic acid groups (broad SMARTS) is 1. The molecule has 9 nitrogen and oxygen atoms in total. The monoisotopic (exact) mass is 612 g/mol. The molecule has 0 unspecified atom stereocenters. The van der Waals surface area contributed by atoms with Crippen molar-refractivity contribution in [2.24, 2.45) is 0 Å². The molecule has 0 saturated heterocycles. The SMILES string of the molecule is O=C(Cc1ccc2nc(Nc3ccccc3)oc2c1)N[C@@H](Cc1ccc(Br)cc1)C(=O)Nc1ccc(C(=O)O)cc1. The van der Waals surface area contributed by atoms with Crippen molar-refractivity contribution >= 4 is 62.2 Å². The van der Waals surface area contributed by atoms with Crippen molar-refractivity contribution < 1.29 is 23.9 Å². The summed E-state index contributed by atoms with van der Waals surface area (Å²) in [5.41, 5.74) is 4.10. The van der Waals surface area contributed by atoms with Gasteiger partial charge < -0.3 is 25.5 Å². The molecule has 0 spiro atoms. The second kappa shape index (κ2) is 12.5. The van der Waals surface area contributed by atoms with Crippen molar-refractivity contribution in [2.75, 3.05) is 10.6 Å². The molecule has 0 aliphatic carbocycles. The number of carbonyl (C=O) groups is 3. The Kier molecular flexibility index (Phi) is 8.40. The maximum atomic E-state index is 13.2. The molecule has 0 radical (unpaired) electrons. The molecule has 0 aliphatic heterocycles. The summed E-state index contributed by atoms with van der Waals surface area (Å²) in [7, 11) is 0. The number of carboxylic acids is 1. The Morgan fingerprint density at radius 2 is 1.56 bits per heavy atom. The Labute approximate surface area is 243 Å². The number of fused-ring (bicyclic) bond motifs is 1. The highest BCUT2D eigenvalue weighted by Crippen LogP contribution is 2.23. The lowest BCUT2D eigenvalue weighted by atomic mass is 10.0. The normalized spacial score (nSPS) is 11.5. The molecule has 4 aromatic carbocycles. The first-order valence-electron chi connectivity index (χ1n) is 12.7. The van der Waals surface area contributed by atoms with Gasteiger partial charge in [-0.3, -0.25) is 9.59 Å². The fourth-order valence-corrected chi connectivity index (χ4v) is 4.46. The molecule has 5 rings (SSSR count). The molecule has 0 aliphatic rings. The second-order valence-corrected chi connectivity index (χ2v) is 10.2. The Morgan fingerprint density at radius 3 is 2.27 bits per heavy atom. The van der Waals surface area contributed by atoms with E-state index < -0.39 is 17.9 Å². The van der Waals surface area contributed by atoms with Gasteiger partial charge in [0.1, 0.15) is 11.6 Å². The minimum Gasteiger partial charge on any atom is -0.478 e. The van der Waals surface area contributed by atoms with Crippen LogP contribution < -0.4 is 16.0 Å². The Bertz CT molecular complexity index is 1690. The van der Waals surface area contributed by atoms with Crippen LogP contribution in [-0.4, -0.2) is 33.9 Å². The van der Waals surface area contributed by atoms with E-state index in [4.69, 9.17) is 9.52 Å². The maximum absolute atomic E-state index is 13.2. The van der Waals surface area contributed by atoms with Gasteiger partial charge in [0.05, 0.1) is 12.0 Å². The second-order valence-electron chi connectivity index (χ2n) is 9.31. The zero-order chi connectivity index (χ0) is 28.8. The summed E-state index contributed by atoms with van der Waals surface area (Å²) in [6, 6.07) is 27.6. The lowest BCUT2D eigenvalue weighted by molar-refractivity contribution is -0.126. The first kappa shape index (κ1) is 27.6. The summed E-state index contributed by atoms with van der Waals surface area (Å²) in [4.78, 5) is 41.9. The Morgan fingerprint density at radius 1 is 0.854 bits per heavy atom. The zero-order valence-corrected chi connectivity index (χ0v) is 23.2. The van der Waals surface area contributed by atoms with Gasteiger partial charge in [-0.15, -0.1) is 0 Å². The number of aromatic carboxylic acids is 1. The van der Waals surface area contributed by atoms with Gasteiger partial charge in [-0.1, -0.05) is 52.3 Å². The van der Waals surface area contributed by atoms with Crippen molar-refractivity contribution in [2.45, 2.75) is 18.9 Å². The van der Waals surface area contributed by atoms with E-state index in [9.17, 15) is 14.4 Å². The maximum Gasteiger partial charge on any atom is 0.335 e. The van der Waals surface area contributed by atoms with Gasteiger partial charge in [-0.25, -0.2) is 4.79 Å². The third-order valence-corrected chi connectivity index (χ3v) is 6.78. The van der Waals surface area contributed by atoms with Crippen LogP contribution in [0.4, 0.5) is 17.4 Å². The number of rotatable bonds is 10. The molecule has 1 heterocycles. The molecule has 4 N–H and O–H groups in total. The number of nitrogens with zero attached hydrogens (tertiary/aromatic N) is 1. The molecule has 5 aromatic rings. The molecule has 2 amide bonds. The van der Waals surface area contributed by atoms with Crippen LogP contribution in [-0.2, 0) is 22.4 Å². The minimum atomic E-state index is -1.06. The molecule has 41 heavy (non-hydrogen) atoms. The van der Waals surface area contributed by atoms with Gasteiger partial charge >= 0.3 is 5.97 Å². The van der Waals surface area contributed by atoms with Crippen LogP contribution in [0, 0.1) is 0 Å². The molecule has 0 bridgehead atoms. The predicted molar refractivity (Wildman–Crippen MR) is 159 cm³/mol. The van der Waals surface area contributed by atoms with Crippen LogP contribution in [0.2, 0.25) is 0 Å². The topological polar surface area (TPSA) is 134 Å². The van der Waals surface area contributed by atoms with Crippen molar-refractivity contribution in [1.29, 1.82) is 0 Å². The standard InChI is InChI=1S/C31H25BrN4O5/c32-22-11-6-19(7-12-22)16-26(29(38)33-24-13-9-21(10-14-24)30(39)40)35-28(37)18-20-8-15-25-27(17-20)41-31(36-25)34-23-4-2-1-3-5-23/h1-15,17,26H,16,18H2,(H,33,38)(H,34,36)(H,35,37)(H,39,40)/t26-/m0/s1. The molecule has 1 atom stereocenters. The molecule has 1 aromatic heterocycles. The van der Waals surface area contributed by atoms with Crippen molar-refractivity contribution in [1.82, 2.24) is 10.3 Å². The van der Waals surface area contributed by atoms with Crippen molar-refractivity contribution in [3.05, 3.63) is 118 Å². The predicted octanol–water partition coefficient (Wildman–Crippen LogP) is 5.94. The lowest BCUT2D eigenvalue weighted by Gasteiger charge is -2.19. The number of anilines is 3. The van der Waals surface area contributed by atoms with E-state index in [1.54, 1.807) is 18.2 Å². The Hall–Kier alpha value is -4.96. The van der Waals surface area contributed by atoms with Crippen molar-refractivity contribution in [3.63, 3.8) is 0 Å². The summed E-state index contributed by atoms with van der Waals surface area (Å²) < 4.78 is 6.73. The summed E-state index contributed by atoms with van der Waals surface area (Å²) in [5, 5.41) is 17.9. The van der Waals surface area contributed by atoms with Gasteiger partial charge in [0.2, 0.25) is 11.8 Å². The van der Waals surface area contributed by atoms with E-state index in [1.807, 2.05) is 54.6 Å². The fraction of sp³-hybridized carbons (Fsp3) is 0.0968. The summed E-state index contributed by atoms with van der Waals surface area (Å²) >= 11 is 3.41. The first-order chi connectivity index (χ1) is 19.8. The zero-order valence-electron chi connectivity index (χ0n) is 21.6. The third-order valence-electron chi connectivity index (χ3n) is 6.25. The number of carbonyl (C=O) groups excluding carboxylic acids is 2.